The Morgan fingerprint density at radius 2 is 1.83 bits per heavy atom. The zero-order valence-electron chi connectivity index (χ0n) is 14.8. The Morgan fingerprint density at radius 3 is 2.38 bits per heavy atom. The second kappa shape index (κ2) is 9.93. The number of thiocarbonyl (C=S) groups is 1. The van der Waals surface area contributed by atoms with Crippen LogP contribution in [0.3, 0.4) is 0 Å². The number of carbonyl (C=O) groups is 1. The zero-order chi connectivity index (χ0) is 21.6. The van der Waals surface area contributed by atoms with E-state index in [2.05, 4.69) is 16.0 Å². The molecular weight excluding hydrogens is 463 g/mol. The van der Waals surface area contributed by atoms with Crippen LogP contribution in [-0.2, 0) is 0 Å². The van der Waals surface area contributed by atoms with E-state index in [1.165, 1.54) is 18.2 Å². The molecule has 0 spiro atoms. The Bertz CT molecular complexity index is 906. The molecule has 0 aliphatic heterocycles. The summed E-state index contributed by atoms with van der Waals surface area (Å²) in [4.78, 5) is 22.7. The minimum absolute atomic E-state index is 0.0225. The number of anilines is 1. The average molecular weight is 478 g/mol. The molecule has 12 heteroatoms. The second-order valence-corrected chi connectivity index (χ2v) is 8.36. The highest BCUT2D eigenvalue weighted by Gasteiger charge is 2.35. The number of non-ortho nitro benzene ring substituents is 1. The third-order valence-electron chi connectivity index (χ3n) is 3.55. The number of rotatable bonds is 6. The normalized spacial score (nSPS) is 11.9. The lowest BCUT2D eigenvalue weighted by molar-refractivity contribution is -0.384. The van der Waals surface area contributed by atoms with Crippen LogP contribution in [0.1, 0.15) is 10.4 Å². The highest BCUT2D eigenvalue weighted by molar-refractivity contribution is 7.80. The van der Waals surface area contributed by atoms with Gasteiger partial charge in [-0.2, -0.15) is 0 Å². The molecule has 0 aliphatic carbocycles. The molecule has 1 atom stereocenters. The standard InChI is InChI=1S/C17H15Cl3N4O4S/c1-28-13-7-5-11(6-8-13)21-16(29)23-15(17(18,19)20)22-14(25)10-3-2-4-12(9-10)24(26)27/h2-9,15H,1H3,(H,22,25)(H2,21,23,29)/t15-/m1/s1. The summed E-state index contributed by atoms with van der Waals surface area (Å²) in [6, 6.07) is 12.0. The molecule has 2 aromatic carbocycles. The first-order valence-corrected chi connectivity index (χ1v) is 9.48. The first-order valence-electron chi connectivity index (χ1n) is 7.94. The fourth-order valence-electron chi connectivity index (χ4n) is 2.15. The van der Waals surface area contributed by atoms with Crippen molar-refractivity contribution in [2.75, 3.05) is 12.4 Å². The molecule has 2 rings (SSSR count). The van der Waals surface area contributed by atoms with Crippen molar-refractivity contribution in [3.05, 3.63) is 64.2 Å². The average Bonchev–Trinajstić information content (AvgIpc) is 2.67. The number of nitrogens with one attached hydrogen (secondary N) is 3. The number of methoxy groups -OCH3 is 1. The molecular formula is C17H15Cl3N4O4S. The molecule has 29 heavy (non-hydrogen) atoms. The van der Waals surface area contributed by atoms with E-state index >= 15 is 0 Å². The number of nitro groups is 1. The largest absolute Gasteiger partial charge is 0.497 e. The van der Waals surface area contributed by atoms with Gasteiger partial charge < -0.3 is 20.7 Å². The summed E-state index contributed by atoms with van der Waals surface area (Å²) in [6.45, 7) is 0. The molecule has 1 amide bonds. The van der Waals surface area contributed by atoms with Crippen molar-refractivity contribution in [2.24, 2.45) is 0 Å². The van der Waals surface area contributed by atoms with Gasteiger partial charge in [0.2, 0.25) is 3.79 Å². The van der Waals surface area contributed by atoms with Crippen LogP contribution in [0, 0.1) is 10.1 Å². The van der Waals surface area contributed by atoms with Crippen LogP contribution in [0.2, 0.25) is 0 Å². The maximum Gasteiger partial charge on any atom is 0.270 e. The van der Waals surface area contributed by atoms with E-state index in [0.29, 0.717) is 11.4 Å². The van der Waals surface area contributed by atoms with Gasteiger partial charge in [0.15, 0.2) is 5.11 Å². The lowest BCUT2D eigenvalue weighted by Gasteiger charge is -2.27. The van der Waals surface area contributed by atoms with E-state index < -0.39 is 20.8 Å². The van der Waals surface area contributed by atoms with E-state index in [1.54, 1.807) is 31.4 Å². The van der Waals surface area contributed by atoms with E-state index in [0.717, 1.165) is 6.07 Å². The third-order valence-corrected chi connectivity index (χ3v) is 4.42. The summed E-state index contributed by atoms with van der Waals surface area (Å²) in [5, 5.41) is 19.0. The first-order chi connectivity index (χ1) is 13.6. The smallest absolute Gasteiger partial charge is 0.270 e. The van der Waals surface area contributed by atoms with Crippen LogP contribution in [0.4, 0.5) is 11.4 Å². The Hall–Kier alpha value is -2.33. The Balaban J connectivity index is 2.08. The lowest BCUT2D eigenvalue weighted by Crippen LogP contribution is -2.56. The third kappa shape index (κ3) is 6.90. The number of hydrogen-bond donors (Lipinski definition) is 3. The molecule has 8 nitrogen and oxygen atoms in total. The summed E-state index contributed by atoms with van der Waals surface area (Å²) in [7, 11) is 1.55. The summed E-state index contributed by atoms with van der Waals surface area (Å²) in [6.07, 6.45) is -1.22. The zero-order valence-corrected chi connectivity index (χ0v) is 17.9. The molecule has 3 N–H and O–H groups in total. The number of benzene rings is 2. The van der Waals surface area contributed by atoms with Gasteiger partial charge in [0.25, 0.3) is 11.6 Å². The molecule has 0 unspecified atom stereocenters. The van der Waals surface area contributed by atoms with E-state index in [-0.39, 0.29) is 16.4 Å². The summed E-state index contributed by atoms with van der Waals surface area (Å²) < 4.78 is 3.10. The number of hydrogen-bond acceptors (Lipinski definition) is 5. The van der Waals surface area contributed by atoms with E-state index in [9.17, 15) is 14.9 Å². The van der Waals surface area contributed by atoms with Crippen LogP contribution < -0.4 is 20.7 Å². The molecule has 0 aliphatic rings. The second-order valence-electron chi connectivity index (χ2n) is 5.58. The first kappa shape index (κ1) is 23.0. The minimum atomic E-state index is -1.97. The Morgan fingerprint density at radius 1 is 1.17 bits per heavy atom. The van der Waals surface area contributed by atoms with Gasteiger partial charge in [0.1, 0.15) is 11.9 Å². The van der Waals surface area contributed by atoms with Crippen LogP contribution >= 0.6 is 47.0 Å². The predicted molar refractivity (Wildman–Crippen MR) is 117 cm³/mol. The van der Waals surface area contributed by atoms with Crippen molar-refractivity contribution in [1.29, 1.82) is 0 Å². The highest BCUT2D eigenvalue weighted by atomic mass is 35.6. The van der Waals surface area contributed by atoms with Crippen molar-refractivity contribution < 1.29 is 14.5 Å². The monoisotopic (exact) mass is 476 g/mol. The van der Waals surface area contributed by atoms with Crippen LogP contribution in [0.15, 0.2) is 48.5 Å². The fraction of sp³-hybridized carbons (Fsp3) is 0.176. The quantitative estimate of drug-likeness (QED) is 0.190. The van der Waals surface area contributed by atoms with Gasteiger partial charge in [0, 0.05) is 23.4 Å². The lowest BCUT2D eigenvalue weighted by atomic mass is 10.2. The predicted octanol–water partition coefficient (Wildman–Crippen LogP) is 4.02. The summed E-state index contributed by atoms with van der Waals surface area (Å²) >= 11 is 23.0. The molecule has 0 radical (unpaired) electrons. The summed E-state index contributed by atoms with van der Waals surface area (Å²) in [5.41, 5.74) is 0.415. The van der Waals surface area contributed by atoms with Gasteiger partial charge in [-0.15, -0.1) is 0 Å². The number of amides is 1. The Kier molecular flexibility index (Phi) is 7.86. The number of carbonyl (C=O) groups excluding carboxylic acids is 1. The summed E-state index contributed by atoms with van der Waals surface area (Å²) in [5.74, 6) is -0.0254. The van der Waals surface area contributed by atoms with Gasteiger partial charge in [-0.05, 0) is 42.5 Å². The van der Waals surface area contributed by atoms with Crippen LogP contribution in [0.5, 0.6) is 5.75 Å². The number of halogens is 3. The van der Waals surface area contributed by atoms with Gasteiger partial charge in [-0.3, -0.25) is 14.9 Å². The maximum atomic E-state index is 12.5. The molecule has 0 saturated heterocycles. The van der Waals surface area contributed by atoms with Gasteiger partial charge in [0.05, 0.1) is 12.0 Å². The SMILES string of the molecule is COc1ccc(NC(=S)N[C@@H](NC(=O)c2cccc([N+](=O)[O-])c2)C(Cl)(Cl)Cl)cc1. The highest BCUT2D eigenvalue weighted by Crippen LogP contribution is 2.29. The van der Waals surface area contributed by atoms with Crippen LogP contribution in [-0.4, -0.2) is 33.0 Å². The molecule has 0 saturated carbocycles. The number of nitro benzene ring substituents is 1. The Labute approximate surface area is 186 Å². The van der Waals surface area contributed by atoms with Crippen molar-refractivity contribution in [1.82, 2.24) is 10.6 Å². The molecule has 0 heterocycles. The van der Waals surface area contributed by atoms with E-state index in [4.69, 9.17) is 51.8 Å². The van der Waals surface area contributed by atoms with Crippen molar-refractivity contribution in [2.45, 2.75) is 9.96 Å². The van der Waals surface area contributed by atoms with Gasteiger partial charge in [-0.1, -0.05) is 40.9 Å². The number of ether oxygens (including phenoxy) is 1. The molecule has 2 aromatic rings. The maximum absolute atomic E-state index is 12.5. The molecule has 0 bridgehead atoms. The van der Waals surface area contributed by atoms with Gasteiger partial charge >= 0.3 is 0 Å². The topological polar surface area (TPSA) is 106 Å². The molecule has 154 valence electrons. The van der Waals surface area contributed by atoms with Crippen molar-refractivity contribution in [3.8, 4) is 5.75 Å². The number of alkyl halides is 3. The van der Waals surface area contributed by atoms with Crippen molar-refractivity contribution >= 4 is 69.4 Å². The van der Waals surface area contributed by atoms with Crippen LogP contribution in [0.25, 0.3) is 0 Å². The molecule has 0 fully saturated rings. The van der Waals surface area contributed by atoms with Gasteiger partial charge in [-0.25, -0.2) is 0 Å². The fourth-order valence-corrected chi connectivity index (χ4v) is 2.71. The minimum Gasteiger partial charge on any atom is -0.497 e. The van der Waals surface area contributed by atoms with E-state index in [1.807, 2.05) is 0 Å². The molecule has 0 aromatic heterocycles. The van der Waals surface area contributed by atoms with Crippen molar-refractivity contribution in [3.63, 3.8) is 0 Å². The number of nitrogens with zero attached hydrogens (tertiary/aromatic N) is 1.